The third-order valence-electron chi connectivity index (χ3n) is 8.58. The van der Waals surface area contributed by atoms with Crippen LogP contribution in [0.2, 0.25) is 0 Å². The first-order chi connectivity index (χ1) is 28.6. The predicted octanol–water partition coefficient (Wildman–Crippen LogP) is 5.93. The van der Waals surface area contributed by atoms with Crippen molar-refractivity contribution in [2.75, 3.05) is 96.3 Å². The highest BCUT2D eigenvalue weighted by Crippen LogP contribution is 2.13. The summed E-state index contributed by atoms with van der Waals surface area (Å²) in [4.78, 5) is 57.4. The smallest absolute Gasteiger partial charge is 0.230 e. The fraction of sp³-hybridized carbons (Fsp3) is 0.884. The molecule has 0 rings (SSSR count). The molecule has 0 unspecified atom stereocenters. The van der Waals surface area contributed by atoms with Crippen molar-refractivity contribution in [3.63, 3.8) is 0 Å². The molecule has 0 heterocycles. The van der Waals surface area contributed by atoms with E-state index in [2.05, 4.69) is 42.0 Å². The molecule has 0 saturated heterocycles. The highest BCUT2D eigenvalue weighted by atomic mass is 32.2. The number of hydrogen-bond donors (Lipinski definition) is 5. The summed E-state index contributed by atoms with van der Waals surface area (Å²) in [5.41, 5.74) is 4.82. The normalized spacial score (nSPS) is 10.9. The van der Waals surface area contributed by atoms with Crippen LogP contribution >= 0.6 is 23.5 Å². The van der Waals surface area contributed by atoms with Gasteiger partial charge in [0.25, 0.3) is 0 Å². The lowest BCUT2D eigenvalue weighted by Gasteiger charge is -2.09. The molecule has 348 valence electrons. The molecule has 0 aliphatic heterocycles. The van der Waals surface area contributed by atoms with Crippen molar-refractivity contribution in [1.82, 2.24) is 21.3 Å². The van der Waals surface area contributed by atoms with Gasteiger partial charge in [-0.05, 0) is 30.3 Å². The van der Waals surface area contributed by atoms with Crippen molar-refractivity contribution in [3.8, 4) is 0 Å². The van der Waals surface area contributed by atoms with Gasteiger partial charge in [0.2, 0.25) is 29.5 Å². The van der Waals surface area contributed by atoms with Gasteiger partial charge in [0.15, 0.2) is 0 Å². The van der Waals surface area contributed by atoms with Gasteiger partial charge < -0.3 is 45.9 Å². The molecule has 0 aliphatic carbocycles. The molecule has 0 aromatic carbocycles. The van der Waals surface area contributed by atoms with Crippen molar-refractivity contribution in [2.24, 2.45) is 5.73 Å². The Morgan fingerprint density at radius 2 is 0.847 bits per heavy atom. The lowest BCUT2D eigenvalue weighted by atomic mass is 10.0. The lowest BCUT2D eigenvalue weighted by molar-refractivity contribution is -0.123. The zero-order chi connectivity index (χ0) is 43.9. The summed E-state index contributed by atoms with van der Waals surface area (Å²) in [7, 11) is 0. The Hall–Kier alpha value is -2.11. The van der Waals surface area contributed by atoms with Crippen LogP contribution in [0.25, 0.3) is 0 Å². The number of rotatable bonds is 43. The maximum Gasteiger partial charge on any atom is 0.230 e. The molecule has 0 aromatic heterocycles. The minimum absolute atomic E-state index is 0.0292. The predicted molar refractivity (Wildman–Crippen MR) is 244 cm³/mol. The molecule has 14 nitrogen and oxygen atoms in total. The Balaban J connectivity index is 0. The molecular weight excluding hydrogens is 795 g/mol. The number of thioether (sulfide) groups is 2. The van der Waals surface area contributed by atoms with Crippen LogP contribution in [0, 0.1) is 0 Å². The Morgan fingerprint density at radius 1 is 0.458 bits per heavy atom. The lowest BCUT2D eigenvalue weighted by Crippen LogP contribution is -2.29. The second kappa shape index (κ2) is 48.6. The number of carbonyl (C=O) groups excluding carboxylic acids is 5. The van der Waals surface area contributed by atoms with Crippen LogP contribution in [0.15, 0.2) is 0 Å². The van der Waals surface area contributed by atoms with Crippen molar-refractivity contribution in [2.45, 2.75) is 149 Å². The third kappa shape index (κ3) is 53.9. The second-order valence-corrected chi connectivity index (χ2v) is 17.4. The molecule has 59 heavy (non-hydrogen) atoms. The van der Waals surface area contributed by atoms with Crippen molar-refractivity contribution in [1.29, 1.82) is 0 Å². The SMILES string of the molecule is CCCCCCCCCCCCCCCC(=O)NCCOCCOCCNC(=O)CCOCCOCCNC(=O)CCCCNC(=O)CSC(C)C.CCSCC(N)=O. The number of amides is 5. The quantitative estimate of drug-likeness (QED) is 0.0456. The van der Waals surface area contributed by atoms with Crippen LogP contribution in [0.3, 0.4) is 0 Å². The van der Waals surface area contributed by atoms with E-state index in [-0.39, 0.29) is 36.0 Å². The van der Waals surface area contributed by atoms with E-state index < -0.39 is 0 Å². The van der Waals surface area contributed by atoms with Crippen LogP contribution in [-0.4, -0.2) is 131 Å². The van der Waals surface area contributed by atoms with Crippen LogP contribution in [-0.2, 0) is 42.9 Å². The molecule has 0 saturated carbocycles. The summed E-state index contributed by atoms with van der Waals surface area (Å²) in [6, 6.07) is 0. The first-order valence-electron chi connectivity index (χ1n) is 22.5. The van der Waals surface area contributed by atoms with E-state index in [0.717, 1.165) is 31.4 Å². The van der Waals surface area contributed by atoms with Gasteiger partial charge in [-0.2, -0.15) is 11.8 Å². The molecule has 0 fully saturated rings. The van der Waals surface area contributed by atoms with Gasteiger partial charge in [0.05, 0.1) is 64.4 Å². The summed E-state index contributed by atoms with van der Waals surface area (Å²) >= 11 is 3.15. The zero-order valence-electron chi connectivity index (χ0n) is 37.5. The minimum Gasteiger partial charge on any atom is -0.379 e. The van der Waals surface area contributed by atoms with Crippen LogP contribution in [0.5, 0.6) is 0 Å². The Morgan fingerprint density at radius 3 is 1.25 bits per heavy atom. The van der Waals surface area contributed by atoms with Gasteiger partial charge in [-0.3, -0.25) is 24.0 Å². The highest BCUT2D eigenvalue weighted by Gasteiger charge is 2.05. The number of hydrogen-bond acceptors (Lipinski definition) is 11. The van der Waals surface area contributed by atoms with Gasteiger partial charge in [0.1, 0.15) is 0 Å². The van der Waals surface area contributed by atoms with Gasteiger partial charge in [-0.1, -0.05) is 105 Å². The Kier molecular flexibility index (Phi) is 48.5. The van der Waals surface area contributed by atoms with Crippen molar-refractivity contribution in [3.05, 3.63) is 0 Å². The molecule has 0 aromatic rings. The summed E-state index contributed by atoms with van der Waals surface area (Å²) < 4.78 is 21.9. The van der Waals surface area contributed by atoms with E-state index >= 15 is 0 Å². The van der Waals surface area contributed by atoms with Gasteiger partial charge >= 0.3 is 0 Å². The largest absolute Gasteiger partial charge is 0.379 e. The van der Waals surface area contributed by atoms with Crippen LogP contribution in [0.4, 0.5) is 0 Å². The van der Waals surface area contributed by atoms with Crippen LogP contribution in [0.1, 0.15) is 143 Å². The van der Waals surface area contributed by atoms with E-state index in [1.165, 1.54) is 70.6 Å². The maximum absolute atomic E-state index is 12.0. The number of ether oxygens (including phenoxy) is 4. The van der Waals surface area contributed by atoms with E-state index in [4.69, 9.17) is 24.7 Å². The van der Waals surface area contributed by atoms with Crippen molar-refractivity contribution < 1.29 is 42.9 Å². The molecule has 0 bridgehead atoms. The Bertz CT molecular complexity index is 999. The van der Waals surface area contributed by atoms with Crippen LogP contribution < -0.4 is 27.0 Å². The van der Waals surface area contributed by atoms with E-state index in [0.29, 0.717) is 109 Å². The molecule has 0 spiro atoms. The molecule has 0 aliphatic rings. The van der Waals surface area contributed by atoms with Crippen molar-refractivity contribution >= 4 is 53.1 Å². The monoisotopic (exact) mass is 880 g/mol. The first-order valence-corrected chi connectivity index (χ1v) is 24.7. The van der Waals surface area contributed by atoms with Gasteiger partial charge in [-0.25, -0.2) is 0 Å². The molecule has 0 radical (unpaired) electrons. The second-order valence-electron chi connectivity index (χ2n) is 14.5. The highest BCUT2D eigenvalue weighted by molar-refractivity contribution is 8.00. The topological polar surface area (TPSA) is 196 Å². The fourth-order valence-corrected chi connectivity index (χ4v) is 6.29. The molecular formula is C43H85N5O9S2. The summed E-state index contributed by atoms with van der Waals surface area (Å²) in [6.07, 6.45) is 19.6. The number of carbonyl (C=O) groups is 5. The number of nitrogens with one attached hydrogen (secondary N) is 4. The van der Waals surface area contributed by atoms with Gasteiger partial charge in [-0.15, -0.1) is 11.8 Å². The maximum atomic E-state index is 12.0. The Labute approximate surface area is 366 Å². The summed E-state index contributed by atoms with van der Waals surface area (Å²) in [5, 5.41) is 11.8. The standard InChI is InChI=1S/C39H76N4O8S.C4H9NOS/c1-4-5-6-7-8-9-10-11-12-13-14-15-16-19-36(44)41-23-28-50-32-33-51-29-25-43-38(46)21-26-48-30-31-49-27-24-42-37(45)20-17-18-22-40-39(47)34-52-35(2)3;1-2-7-3-4(5)6/h35H,4-34H2,1-3H3,(H,40,47)(H,41,44)(H,42,45)(H,43,46);2-3H2,1H3,(H2,5,6). The van der Waals surface area contributed by atoms with Gasteiger partial charge in [0, 0.05) is 45.4 Å². The first kappa shape index (κ1) is 59.0. The summed E-state index contributed by atoms with van der Waals surface area (Å²) in [6.45, 7) is 13.5. The molecule has 0 atom stereocenters. The third-order valence-corrected chi connectivity index (χ3v) is 10.6. The molecule has 5 amide bonds. The minimum atomic E-state index is -0.230. The fourth-order valence-electron chi connectivity index (χ4n) is 5.30. The number of unbranched alkanes of at least 4 members (excludes halogenated alkanes) is 13. The summed E-state index contributed by atoms with van der Waals surface area (Å²) in [5.74, 6) is 1.65. The number of primary amides is 1. The van der Waals surface area contributed by atoms with E-state index in [1.807, 2.05) is 6.92 Å². The van der Waals surface area contributed by atoms with E-state index in [9.17, 15) is 24.0 Å². The molecule has 6 N–H and O–H groups in total. The molecule has 16 heteroatoms. The average Bonchev–Trinajstić information content (AvgIpc) is 3.21. The zero-order valence-corrected chi connectivity index (χ0v) is 39.1. The average molecular weight is 880 g/mol. The number of nitrogens with two attached hydrogens (primary N) is 1. The van der Waals surface area contributed by atoms with E-state index in [1.54, 1.807) is 23.5 Å².